The van der Waals surface area contributed by atoms with E-state index in [2.05, 4.69) is 29.2 Å². The van der Waals surface area contributed by atoms with E-state index in [-0.39, 0.29) is 6.03 Å². The maximum Gasteiger partial charge on any atom is 0.324 e. The summed E-state index contributed by atoms with van der Waals surface area (Å²) in [6.07, 6.45) is 9.21. The molecule has 2 amide bonds. The van der Waals surface area contributed by atoms with Crippen LogP contribution < -0.4 is 4.90 Å². The summed E-state index contributed by atoms with van der Waals surface area (Å²) in [5.74, 6) is 0. The molecule has 0 N–H and O–H groups in total. The van der Waals surface area contributed by atoms with Gasteiger partial charge in [-0.1, -0.05) is 19.3 Å². The van der Waals surface area contributed by atoms with Gasteiger partial charge in [-0.15, -0.1) is 11.3 Å². The molecule has 1 aliphatic carbocycles. The summed E-state index contributed by atoms with van der Waals surface area (Å²) in [6, 6.07) is 9.24. The molecule has 1 aromatic carbocycles. The Morgan fingerprint density at radius 3 is 2.45 bits per heavy atom. The SMILES string of the molecule is CN1CCN(c2ccc(-c3nc4c(s3)CCN(C3CCCCC3)CC4)cc2)C1=O. The van der Waals surface area contributed by atoms with Crippen LogP contribution in [0.1, 0.15) is 42.7 Å². The van der Waals surface area contributed by atoms with E-state index >= 15 is 0 Å². The Morgan fingerprint density at radius 1 is 0.966 bits per heavy atom. The molecule has 0 radical (unpaired) electrons. The van der Waals surface area contributed by atoms with Crippen LogP contribution in [-0.2, 0) is 12.8 Å². The highest BCUT2D eigenvalue weighted by Crippen LogP contribution is 2.33. The largest absolute Gasteiger partial charge is 0.326 e. The smallest absolute Gasteiger partial charge is 0.324 e. The molecule has 3 aliphatic rings. The van der Waals surface area contributed by atoms with Crippen molar-refractivity contribution >= 4 is 23.1 Å². The molecule has 154 valence electrons. The monoisotopic (exact) mass is 410 g/mol. The molecule has 1 saturated carbocycles. The van der Waals surface area contributed by atoms with Gasteiger partial charge in [0.2, 0.25) is 0 Å². The number of carbonyl (C=O) groups is 1. The fraction of sp³-hybridized carbons (Fsp3) is 0.565. The molecule has 2 aromatic rings. The highest BCUT2D eigenvalue weighted by atomic mass is 32.1. The van der Waals surface area contributed by atoms with Gasteiger partial charge in [-0.25, -0.2) is 9.78 Å². The Balaban J connectivity index is 1.28. The topological polar surface area (TPSA) is 39.7 Å². The van der Waals surface area contributed by atoms with E-state index in [1.54, 1.807) is 4.90 Å². The number of hydrogen-bond donors (Lipinski definition) is 0. The van der Waals surface area contributed by atoms with Gasteiger partial charge in [-0.2, -0.15) is 0 Å². The number of hydrogen-bond acceptors (Lipinski definition) is 4. The van der Waals surface area contributed by atoms with Crippen molar-refractivity contribution in [2.24, 2.45) is 0 Å². The van der Waals surface area contributed by atoms with Gasteiger partial charge in [0.1, 0.15) is 5.01 Å². The van der Waals surface area contributed by atoms with Gasteiger partial charge in [0.15, 0.2) is 0 Å². The lowest BCUT2D eigenvalue weighted by atomic mass is 9.94. The minimum absolute atomic E-state index is 0.0845. The van der Waals surface area contributed by atoms with Crippen LogP contribution in [0.25, 0.3) is 10.6 Å². The number of urea groups is 1. The normalized spacial score (nSPS) is 21.5. The molecule has 0 atom stereocenters. The summed E-state index contributed by atoms with van der Waals surface area (Å²) in [7, 11) is 1.86. The molecular weight excluding hydrogens is 380 g/mol. The lowest BCUT2D eigenvalue weighted by molar-refractivity contribution is 0.163. The van der Waals surface area contributed by atoms with Crippen molar-refractivity contribution in [3.05, 3.63) is 34.8 Å². The molecule has 0 spiro atoms. The molecule has 1 saturated heterocycles. The molecule has 5 rings (SSSR count). The maximum absolute atomic E-state index is 12.2. The van der Waals surface area contributed by atoms with E-state index in [0.29, 0.717) is 0 Å². The second-order valence-electron chi connectivity index (χ2n) is 8.62. The third-order valence-corrected chi connectivity index (χ3v) is 7.98. The fourth-order valence-electron chi connectivity index (χ4n) is 4.99. The van der Waals surface area contributed by atoms with Crippen molar-refractivity contribution in [2.45, 2.75) is 51.0 Å². The van der Waals surface area contributed by atoms with Crippen LogP contribution in [0.2, 0.25) is 0 Å². The standard InChI is InChI=1S/C23H30N4OS/c1-25-15-16-27(23(25)28)19-9-7-17(8-10-19)22-24-20-11-13-26(14-12-21(20)29-22)18-5-3-2-4-6-18/h7-10,18H,2-6,11-16H2,1H3. The van der Waals surface area contributed by atoms with Crippen LogP contribution in [-0.4, -0.2) is 60.1 Å². The van der Waals surface area contributed by atoms with Crippen LogP contribution in [0, 0.1) is 0 Å². The number of carbonyl (C=O) groups excluding carboxylic acids is 1. The van der Waals surface area contributed by atoms with Crippen LogP contribution >= 0.6 is 11.3 Å². The Labute approximate surface area is 177 Å². The summed E-state index contributed by atoms with van der Waals surface area (Å²) in [5.41, 5.74) is 3.45. The zero-order valence-electron chi connectivity index (χ0n) is 17.3. The molecular formula is C23H30N4OS. The number of fused-ring (bicyclic) bond motifs is 1. The first kappa shape index (κ1) is 19.1. The van der Waals surface area contributed by atoms with Gasteiger partial charge in [-0.05, 0) is 43.5 Å². The minimum Gasteiger partial charge on any atom is -0.326 e. The first-order valence-electron chi connectivity index (χ1n) is 11.0. The number of benzene rings is 1. The summed E-state index contributed by atoms with van der Waals surface area (Å²) in [4.78, 5) is 25.0. The number of amides is 2. The third kappa shape index (κ3) is 3.80. The quantitative estimate of drug-likeness (QED) is 0.752. The third-order valence-electron chi connectivity index (χ3n) is 6.77. The number of nitrogens with zero attached hydrogens (tertiary/aromatic N) is 4. The van der Waals surface area contributed by atoms with Gasteiger partial charge < -0.3 is 4.90 Å². The van der Waals surface area contributed by atoms with Crippen molar-refractivity contribution in [2.75, 3.05) is 38.1 Å². The van der Waals surface area contributed by atoms with E-state index in [4.69, 9.17) is 4.98 Å². The van der Waals surface area contributed by atoms with Crippen LogP contribution in [0.4, 0.5) is 10.5 Å². The highest BCUT2D eigenvalue weighted by Gasteiger charge is 2.27. The van der Waals surface area contributed by atoms with Gasteiger partial charge in [-0.3, -0.25) is 9.80 Å². The van der Waals surface area contributed by atoms with Crippen molar-refractivity contribution in [1.82, 2.24) is 14.8 Å². The molecule has 2 aliphatic heterocycles. The first-order chi connectivity index (χ1) is 14.2. The Morgan fingerprint density at radius 2 is 1.72 bits per heavy atom. The Bertz CT molecular complexity index is 846. The first-order valence-corrected chi connectivity index (χ1v) is 11.9. The summed E-state index contributed by atoms with van der Waals surface area (Å²) in [6.45, 7) is 3.89. The van der Waals surface area contributed by atoms with Gasteiger partial charge in [0, 0.05) is 61.8 Å². The lowest BCUT2D eigenvalue weighted by Crippen LogP contribution is -2.38. The average Bonchev–Trinajstić information content (AvgIpc) is 3.26. The van der Waals surface area contributed by atoms with Crippen LogP contribution in [0.3, 0.4) is 0 Å². The summed E-state index contributed by atoms with van der Waals surface area (Å²) in [5, 5.41) is 1.12. The molecule has 6 heteroatoms. The molecule has 1 aromatic heterocycles. The predicted octanol–water partition coefficient (Wildman–Crippen LogP) is 4.42. The van der Waals surface area contributed by atoms with Crippen molar-refractivity contribution < 1.29 is 4.79 Å². The molecule has 0 bridgehead atoms. The van der Waals surface area contributed by atoms with E-state index < -0.39 is 0 Å². The van der Waals surface area contributed by atoms with Crippen LogP contribution in [0.15, 0.2) is 24.3 Å². The van der Waals surface area contributed by atoms with Gasteiger partial charge >= 0.3 is 6.03 Å². The number of anilines is 1. The fourth-order valence-corrected chi connectivity index (χ4v) is 6.09. The maximum atomic E-state index is 12.2. The molecule has 3 heterocycles. The Kier molecular flexibility index (Phi) is 5.31. The lowest BCUT2D eigenvalue weighted by Gasteiger charge is -2.33. The predicted molar refractivity (Wildman–Crippen MR) is 119 cm³/mol. The van der Waals surface area contributed by atoms with E-state index in [0.717, 1.165) is 54.8 Å². The number of aromatic nitrogens is 1. The van der Waals surface area contributed by atoms with E-state index in [9.17, 15) is 4.79 Å². The van der Waals surface area contributed by atoms with Gasteiger partial charge in [0.05, 0.1) is 5.69 Å². The summed E-state index contributed by atoms with van der Waals surface area (Å²) >= 11 is 1.86. The number of thiazole rings is 1. The van der Waals surface area contributed by atoms with Gasteiger partial charge in [0.25, 0.3) is 0 Å². The average molecular weight is 411 g/mol. The Hall–Kier alpha value is -1.92. The molecule has 2 fully saturated rings. The second kappa shape index (κ2) is 8.07. The zero-order valence-corrected chi connectivity index (χ0v) is 18.1. The van der Waals surface area contributed by atoms with E-state index in [1.165, 1.54) is 49.2 Å². The number of likely N-dealkylation sites (N-methyl/N-ethyl adjacent to an activating group) is 1. The molecule has 5 nitrogen and oxygen atoms in total. The van der Waals surface area contributed by atoms with Crippen molar-refractivity contribution in [1.29, 1.82) is 0 Å². The minimum atomic E-state index is 0.0845. The van der Waals surface area contributed by atoms with Crippen molar-refractivity contribution in [3.8, 4) is 10.6 Å². The van der Waals surface area contributed by atoms with Crippen molar-refractivity contribution in [3.63, 3.8) is 0 Å². The highest BCUT2D eigenvalue weighted by molar-refractivity contribution is 7.15. The second-order valence-corrected chi connectivity index (χ2v) is 9.70. The number of rotatable bonds is 3. The summed E-state index contributed by atoms with van der Waals surface area (Å²) < 4.78 is 0. The zero-order chi connectivity index (χ0) is 19.8. The van der Waals surface area contributed by atoms with E-state index in [1.807, 2.05) is 23.3 Å². The molecule has 29 heavy (non-hydrogen) atoms. The molecule has 0 unspecified atom stereocenters. The van der Waals surface area contributed by atoms with Crippen LogP contribution in [0.5, 0.6) is 0 Å².